The van der Waals surface area contributed by atoms with E-state index in [-0.39, 0.29) is 62.7 Å². The molecule has 3 amide bonds. The summed E-state index contributed by atoms with van der Waals surface area (Å²) in [5.41, 5.74) is 1.81. The van der Waals surface area contributed by atoms with Gasteiger partial charge in [-0.05, 0) is 73.7 Å². The third-order valence-electron chi connectivity index (χ3n) is 10.2. The van der Waals surface area contributed by atoms with E-state index in [0.29, 0.717) is 44.7 Å². The van der Waals surface area contributed by atoms with Gasteiger partial charge in [0.25, 0.3) is 42.2 Å². The van der Waals surface area contributed by atoms with Crippen LogP contribution in [0.3, 0.4) is 0 Å². The van der Waals surface area contributed by atoms with Crippen LogP contribution >= 0.6 is 11.6 Å². The summed E-state index contributed by atoms with van der Waals surface area (Å²) in [7, 11) is -13.1. The Bertz CT molecular complexity index is 2520. The van der Waals surface area contributed by atoms with Gasteiger partial charge in [-0.1, -0.05) is 57.5 Å². The minimum absolute atomic E-state index is 0.00870. The fraction of sp³-hybridized carbons (Fsp3) is 0.425. The van der Waals surface area contributed by atoms with E-state index in [1.54, 1.807) is 48.3 Å². The van der Waals surface area contributed by atoms with Gasteiger partial charge in [-0.15, -0.1) is 0 Å². The molecule has 0 atom stereocenters. The molecular weight excluding hydrogens is 874 g/mol. The lowest BCUT2D eigenvalue weighted by atomic mass is 9.80. The van der Waals surface area contributed by atoms with Crippen LogP contribution in [0.15, 0.2) is 104 Å². The number of aliphatic imine (C=N–C) groups is 2. The summed E-state index contributed by atoms with van der Waals surface area (Å²) >= 11 is 6.42. The van der Waals surface area contributed by atoms with Crippen molar-refractivity contribution in [1.82, 2.24) is 10.2 Å². The topological polar surface area (TPSA) is 258 Å². The van der Waals surface area contributed by atoms with Gasteiger partial charge >= 0.3 is 0 Å². The highest BCUT2D eigenvalue weighted by molar-refractivity contribution is 7.86. The molecule has 3 aliphatic heterocycles. The predicted octanol–water partition coefficient (Wildman–Crippen LogP) is 4.72. The number of hydrogen-bond donors (Lipinski definition) is 4. The average molecular weight is 925 g/mol. The molecule has 1 aromatic carbocycles. The summed E-state index contributed by atoms with van der Waals surface area (Å²) in [6.07, 6.45) is 12.9. The molecule has 0 aromatic heterocycles. The van der Waals surface area contributed by atoms with Gasteiger partial charge in [-0.25, -0.2) is 4.99 Å². The van der Waals surface area contributed by atoms with Crippen LogP contribution in [-0.2, 0) is 50.2 Å². The quantitative estimate of drug-likeness (QED) is 0.0635. The number of halogens is 1. The Balaban J connectivity index is 1.75. The number of allylic oxidation sites excluding steroid dienone is 9. The highest BCUT2D eigenvalue weighted by Crippen LogP contribution is 2.48. The zero-order chi connectivity index (χ0) is 45.6. The third kappa shape index (κ3) is 13.2. The summed E-state index contributed by atoms with van der Waals surface area (Å²) < 4.78 is 98.5. The SMILES string of the molecule is C\C=C(Cl)/C=C1\C(=N\CCCS(=O)(=O)O)N=C(/C=C/C(=C/C=C2/N(CCCS(=O)(=O)O)c3ccc(S(=O)(=O)O)cc3C2(C)C)CCC(=O)NCCN2C(=O)C=CC2=O)C1(C)C. The Labute approximate surface area is 361 Å². The first kappa shape index (κ1) is 49.1. The second kappa shape index (κ2) is 19.6. The summed E-state index contributed by atoms with van der Waals surface area (Å²) in [5.74, 6) is -2.03. The molecule has 4 N–H and O–H groups in total. The number of benzene rings is 1. The van der Waals surface area contributed by atoms with Crippen LogP contribution in [0.5, 0.6) is 0 Å². The summed E-state index contributed by atoms with van der Waals surface area (Å²) in [6.45, 7) is 9.36. The lowest BCUT2D eigenvalue weighted by Crippen LogP contribution is -2.38. The first-order valence-electron chi connectivity index (χ1n) is 19.1. The molecule has 0 spiro atoms. The molecule has 4 rings (SSSR count). The molecular formula is C40H50ClN5O12S3. The van der Waals surface area contributed by atoms with E-state index in [1.807, 2.05) is 27.7 Å². The number of amidine groups is 1. The van der Waals surface area contributed by atoms with Crippen molar-refractivity contribution in [2.24, 2.45) is 15.4 Å². The lowest BCUT2D eigenvalue weighted by Gasteiger charge is -2.27. The van der Waals surface area contributed by atoms with Crippen LogP contribution in [0.2, 0.25) is 0 Å². The number of carbonyl (C=O) groups excluding carboxylic acids is 3. The Hall–Kier alpha value is -4.57. The average Bonchev–Trinajstić information content (AvgIpc) is 3.68. The molecule has 21 heteroatoms. The third-order valence-corrected chi connectivity index (χ3v) is 13.0. The van der Waals surface area contributed by atoms with Crippen molar-refractivity contribution in [3.63, 3.8) is 0 Å². The van der Waals surface area contributed by atoms with Crippen LogP contribution in [0.4, 0.5) is 5.69 Å². The van der Waals surface area contributed by atoms with Gasteiger partial charge in [-0.2, -0.15) is 25.3 Å². The van der Waals surface area contributed by atoms with Crippen LogP contribution < -0.4 is 10.2 Å². The minimum atomic E-state index is -4.58. The van der Waals surface area contributed by atoms with Crippen LogP contribution in [0, 0.1) is 5.41 Å². The highest BCUT2D eigenvalue weighted by Gasteiger charge is 2.41. The molecule has 3 aliphatic rings. The van der Waals surface area contributed by atoms with Gasteiger partial charge in [0.1, 0.15) is 0 Å². The Kier molecular flexibility index (Phi) is 15.8. The molecule has 1 aromatic rings. The second-order valence-corrected chi connectivity index (χ2v) is 20.4. The van der Waals surface area contributed by atoms with Gasteiger partial charge in [-0.3, -0.25) is 37.9 Å². The van der Waals surface area contributed by atoms with Crippen LogP contribution in [0.1, 0.15) is 65.9 Å². The smallest absolute Gasteiger partial charge is 0.294 e. The normalized spacial score (nSPS) is 20.2. The molecule has 0 unspecified atom stereocenters. The number of hydrogen-bond acceptors (Lipinski definition) is 11. The first-order valence-corrected chi connectivity index (χ1v) is 24.2. The number of amides is 3. The molecule has 0 fully saturated rings. The van der Waals surface area contributed by atoms with E-state index in [9.17, 15) is 53.3 Å². The van der Waals surface area contributed by atoms with Gasteiger partial charge in [0.2, 0.25) is 5.91 Å². The van der Waals surface area contributed by atoms with Crippen molar-refractivity contribution in [1.29, 1.82) is 0 Å². The van der Waals surface area contributed by atoms with E-state index in [2.05, 4.69) is 10.3 Å². The molecule has 17 nitrogen and oxygen atoms in total. The monoisotopic (exact) mass is 923 g/mol. The van der Waals surface area contributed by atoms with Crippen LogP contribution in [0.25, 0.3) is 0 Å². The Morgan fingerprint density at radius 3 is 2.15 bits per heavy atom. The largest absolute Gasteiger partial charge is 0.354 e. The number of rotatable bonds is 19. The minimum Gasteiger partial charge on any atom is -0.354 e. The van der Waals surface area contributed by atoms with Crippen molar-refractivity contribution in [2.75, 3.05) is 42.6 Å². The maximum absolute atomic E-state index is 13.1. The van der Waals surface area contributed by atoms with E-state index < -0.39 is 64.5 Å². The maximum atomic E-state index is 13.1. The van der Waals surface area contributed by atoms with E-state index >= 15 is 0 Å². The number of anilines is 1. The fourth-order valence-corrected chi connectivity index (χ4v) is 8.46. The first-order chi connectivity index (χ1) is 28.2. The van der Waals surface area contributed by atoms with Gasteiger partial charge in [0.05, 0.1) is 22.1 Å². The molecule has 3 heterocycles. The summed E-state index contributed by atoms with van der Waals surface area (Å²) in [6, 6.07) is 4.10. The van der Waals surface area contributed by atoms with E-state index in [4.69, 9.17) is 16.6 Å². The molecule has 0 radical (unpaired) electrons. The van der Waals surface area contributed by atoms with Crippen molar-refractivity contribution in [3.8, 4) is 0 Å². The molecule has 332 valence electrons. The zero-order valence-electron chi connectivity index (χ0n) is 34.3. The zero-order valence-corrected chi connectivity index (χ0v) is 37.5. The predicted molar refractivity (Wildman–Crippen MR) is 233 cm³/mol. The van der Waals surface area contributed by atoms with Gasteiger partial charge in [0, 0.05) is 77.6 Å². The molecule has 0 saturated carbocycles. The standard InChI is InChI=1S/C40H50ClN5O12S3/c1-6-28(41)25-31-38(43-19-7-23-59(50,51)52)44-33(39(31,2)3)14-9-27(11-16-35(47)42-20-22-46-36(48)17-18-37(46)49)10-15-34-40(4,5)30-26-29(61(56,57)58)12-13-32(30)45(34)21-8-24-60(53,54)55/h6,9-10,12-15,17-18,25-26H,7-8,11,16,19-24H2,1-5H3,(H,42,47)(H,50,51,52)(H,53,54,55)(H,56,57,58)/b14-9+,27-10-,28-6+,31-25+,34-15+,43-38-. The summed E-state index contributed by atoms with van der Waals surface area (Å²) in [4.78, 5) is 48.7. The van der Waals surface area contributed by atoms with E-state index in [1.165, 1.54) is 18.2 Å². The molecule has 0 saturated heterocycles. The number of imide groups is 1. The fourth-order valence-electron chi connectivity index (χ4n) is 6.86. The summed E-state index contributed by atoms with van der Waals surface area (Å²) in [5, 5.41) is 3.13. The number of carbonyl (C=O) groups is 3. The van der Waals surface area contributed by atoms with Gasteiger partial charge < -0.3 is 10.2 Å². The van der Waals surface area contributed by atoms with Gasteiger partial charge in [0.15, 0.2) is 5.84 Å². The second-order valence-electron chi connectivity index (χ2n) is 15.4. The maximum Gasteiger partial charge on any atom is 0.294 e. The van der Waals surface area contributed by atoms with Crippen molar-refractivity contribution in [3.05, 3.63) is 94.2 Å². The molecule has 0 bridgehead atoms. The highest BCUT2D eigenvalue weighted by atomic mass is 35.5. The number of nitrogens with one attached hydrogen (secondary N) is 1. The van der Waals surface area contributed by atoms with Crippen molar-refractivity contribution < 1.29 is 53.3 Å². The molecule has 61 heavy (non-hydrogen) atoms. The Morgan fingerprint density at radius 1 is 0.902 bits per heavy atom. The van der Waals surface area contributed by atoms with Crippen LogP contribution in [-0.4, -0.2) is 111 Å². The lowest BCUT2D eigenvalue weighted by molar-refractivity contribution is -0.137. The van der Waals surface area contributed by atoms with E-state index in [0.717, 1.165) is 17.1 Å². The van der Waals surface area contributed by atoms with Crippen molar-refractivity contribution in [2.45, 2.75) is 70.6 Å². The number of nitrogens with zero attached hydrogens (tertiary/aromatic N) is 4. The Morgan fingerprint density at radius 2 is 1.54 bits per heavy atom. The number of fused-ring (bicyclic) bond motifs is 1. The van der Waals surface area contributed by atoms with Crippen molar-refractivity contribution >= 4 is 76.9 Å². The molecule has 0 aliphatic carbocycles.